The van der Waals surface area contributed by atoms with Crippen molar-refractivity contribution in [1.29, 1.82) is 0 Å². The second-order valence-electron chi connectivity index (χ2n) is 6.04. The third-order valence-corrected chi connectivity index (χ3v) is 6.03. The Balaban J connectivity index is 1.98. The first-order chi connectivity index (χ1) is 12.0. The average molecular weight is 393 g/mol. The van der Waals surface area contributed by atoms with Gasteiger partial charge < -0.3 is 15.7 Å². The Bertz CT molecular complexity index is 791. The lowest BCUT2D eigenvalue weighted by Gasteiger charge is -2.45. The number of alkyl halides is 3. The number of hydrogen-bond acceptors (Lipinski definition) is 5. The summed E-state index contributed by atoms with van der Waals surface area (Å²) in [6.07, 6.45) is -3.63. The number of amides is 2. The molecular weight excluding hydrogens is 379 g/mol. The molecule has 26 heavy (non-hydrogen) atoms. The number of carbonyl (C=O) groups is 3. The van der Waals surface area contributed by atoms with E-state index in [9.17, 15) is 36.9 Å². The third kappa shape index (κ3) is 3.03. The number of hydrogen-bond donors (Lipinski definition) is 2. The predicted molar refractivity (Wildman–Crippen MR) is 81.4 cm³/mol. The molecule has 3 aliphatic heterocycles. The van der Waals surface area contributed by atoms with Crippen LogP contribution >= 0.6 is 0 Å². The summed E-state index contributed by atoms with van der Waals surface area (Å²) >= 11 is 0. The summed E-state index contributed by atoms with van der Waals surface area (Å²) in [5.41, 5.74) is 5.09. The molecule has 0 aliphatic carbocycles. The van der Waals surface area contributed by atoms with Gasteiger partial charge in [0, 0.05) is 17.7 Å². The molecule has 3 aliphatic rings. The number of nitrogens with zero attached hydrogens (tertiary/aromatic N) is 2. The normalized spacial score (nSPS) is 30.8. The molecule has 3 atom stereocenters. The first-order valence-electron chi connectivity index (χ1n) is 7.52. The molecule has 0 spiro atoms. The molecule has 3 unspecified atom stereocenters. The lowest BCUT2D eigenvalue weighted by molar-refractivity contribution is -0.156. The molecule has 3 rings (SSSR count). The summed E-state index contributed by atoms with van der Waals surface area (Å²) in [5.74, 6) is -2.92. The number of carboxylic acids is 1. The van der Waals surface area contributed by atoms with Crippen molar-refractivity contribution < 1.29 is 36.9 Å². The molecule has 0 bridgehead atoms. The van der Waals surface area contributed by atoms with E-state index in [0.29, 0.717) is 4.90 Å². The van der Waals surface area contributed by atoms with Crippen LogP contribution in [-0.2, 0) is 25.2 Å². The third-order valence-electron chi connectivity index (χ3n) is 4.36. The smallest absolute Gasteiger partial charge is 0.406 e. The topological polar surface area (TPSA) is 121 Å². The predicted octanol–water partition coefficient (Wildman–Crippen LogP) is -0.348. The SMILES string of the molecule is NC1C(C=C2CCN(CC(F)(F)F)C2=O)=C(C(=O)O)N2C(=O)CC2S1=O. The van der Waals surface area contributed by atoms with E-state index in [1.807, 2.05) is 0 Å². The minimum absolute atomic E-state index is 0.0396. The molecular formula is C14H14F3N3O5S. The molecule has 2 fully saturated rings. The van der Waals surface area contributed by atoms with Crippen molar-refractivity contribution in [3.63, 3.8) is 0 Å². The van der Waals surface area contributed by atoms with E-state index in [2.05, 4.69) is 0 Å². The fourth-order valence-electron chi connectivity index (χ4n) is 3.14. The minimum atomic E-state index is -4.56. The molecule has 2 amide bonds. The Kier molecular flexibility index (Phi) is 4.43. The van der Waals surface area contributed by atoms with Gasteiger partial charge in [0.05, 0.1) is 17.2 Å². The van der Waals surface area contributed by atoms with Crippen molar-refractivity contribution in [3.8, 4) is 0 Å². The van der Waals surface area contributed by atoms with E-state index in [0.717, 1.165) is 11.0 Å². The molecule has 2 saturated heterocycles. The fourth-order valence-corrected chi connectivity index (χ4v) is 4.65. The van der Waals surface area contributed by atoms with Crippen LogP contribution in [0, 0.1) is 0 Å². The number of rotatable bonds is 3. The number of aliphatic carboxylic acids is 1. The van der Waals surface area contributed by atoms with E-state index >= 15 is 0 Å². The zero-order valence-corrected chi connectivity index (χ0v) is 14.0. The van der Waals surface area contributed by atoms with E-state index in [1.54, 1.807) is 0 Å². The lowest BCUT2D eigenvalue weighted by atomic mass is 10.0. The van der Waals surface area contributed by atoms with Crippen LogP contribution in [-0.4, -0.2) is 66.9 Å². The molecule has 0 aromatic carbocycles. The highest BCUT2D eigenvalue weighted by atomic mass is 32.2. The summed E-state index contributed by atoms with van der Waals surface area (Å²) in [7, 11) is -1.78. The van der Waals surface area contributed by atoms with Gasteiger partial charge in [-0.1, -0.05) is 0 Å². The van der Waals surface area contributed by atoms with Gasteiger partial charge in [0.2, 0.25) is 11.8 Å². The van der Waals surface area contributed by atoms with Gasteiger partial charge in [-0.2, -0.15) is 13.2 Å². The molecule has 3 heterocycles. The quantitative estimate of drug-likeness (QED) is 0.500. The number of β-lactam (4-membered cyclic amide) rings is 1. The number of nitrogens with two attached hydrogens (primary N) is 1. The molecule has 0 aromatic heterocycles. The average Bonchev–Trinajstić information content (AvgIpc) is 2.84. The van der Waals surface area contributed by atoms with Gasteiger partial charge in [-0.05, 0) is 12.5 Å². The Morgan fingerprint density at radius 2 is 2.04 bits per heavy atom. The molecule has 0 radical (unpaired) electrons. The van der Waals surface area contributed by atoms with Gasteiger partial charge in [-0.15, -0.1) is 0 Å². The zero-order chi connectivity index (χ0) is 19.4. The number of halogens is 3. The Hall–Kier alpha value is -2.21. The highest BCUT2D eigenvalue weighted by molar-refractivity contribution is 7.86. The van der Waals surface area contributed by atoms with Crippen LogP contribution in [0.1, 0.15) is 12.8 Å². The lowest BCUT2D eigenvalue weighted by Crippen LogP contribution is -2.61. The Labute approximate surface area is 147 Å². The van der Waals surface area contributed by atoms with E-state index < -0.39 is 57.7 Å². The standard InChI is InChI=1S/C14H14F3N3O5S/c15-14(16,17)5-19-2-1-6(12(19)22)3-7-10(13(23)24)20-8(21)4-9(20)26(25)11(7)18/h3,9,11H,1-2,4-5,18H2,(H,23,24). The number of likely N-dealkylation sites (tertiary alicyclic amines) is 1. The maximum Gasteiger partial charge on any atom is 0.406 e. The summed E-state index contributed by atoms with van der Waals surface area (Å²) in [6, 6.07) is 0. The van der Waals surface area contributed by atoms with Crippen LogP contribution in [0.4, 0.5) is 13.2 Å². The number of carbonyl (C=O) groups excluding carboxylic acids is 2. The Morgan fingerprint density at radius 3 is 2.58 bits per heavy atom. The van der Waals surface area contributed by atoms with Crippen molar-refractivity contribution >= 4 is 28.6 Å². The summed E-state index contributed by atoms with van der Waals surface area (Å²) < 4.78 is 49.8. The highest BCUT2D eigenvalue weighted by Gasteiger charge is 2.51. The van der Waals surface area contributed by atoms with E-state index in [-0.39, 0.29) is 30.5 Å². The van der Waals surface area contributed by atoms with Crippen molar-refractivity contribution in [2.75, 3.05) is 13.1 Å². The van der Waals surface area contributed by atoms with Gasteiger partial charge in [0.15, 0.2) is 0 Å². The maximum atomic E-state index is 12.5. The number of carboxylic acid groups (broad SMARTS) is 1. The van der Waals surface area contributed by atoms with Crippen LogP contribution in [0.2, 0.25) is 0 Å². The van der Waals surface area contributed by atoms with Crippen molar-refractivity contribution in [3.05, 3.63) is 22.9 Å². The van der Waals surface area contributed by atoms with E-state index in [1.165, 1.54) is 0 Å². The van der Waals surface area contributed by atoms with Crippen LogP contribution in [0.25, 0.3) is 0 Å². The van der Waals surface area contributed by atoms with Crippen molar-refractivity contribution in [2.45, 2.75) is 29.8 Å². The zero-order valence-electron chi connectivity index (χ0n) is 13.2. The first kappa shape index (κ1) is 18.6. The molecule has 3 N–H and O–H groups in total. The summed E-state index contributed by atoms with van der Waals surface area (Å²) in [6.45, 7) is -1.60. The fraction of sp³-hybridized carbons (Fsp3) is 0.500. The summed E-state index contributed by atoms with van der Waals surface area (Å²) in [5, 5.41) is 7.32. The second-order valence-corrected chi connectivity index (χ2v) is 7.75. The maximum absolute atomic E-state index is 12.5. The Morgan fingerprint density at radius 1 is 1.38 bits per heavy atom. The van der Waals surface area contributed by atoms with Crippen LogP contribution < -0.4 is 5.73 Å². The highest BCUT2D eigenvalue weighted by Crippen LogP contribution is 2.37. The molecule has 0 aromatic rings. The molecule has 12 heteroatoms. The summed E-state index contributed by atoms with van der Waals surface area (Å²) in [4.78, 5) is 36.9. The van der Waals surface area contributed by atoms with E-state index in [4.69, 9.17) is 5.73 Å². The monoisotopic (exact) mass is 393 g/mol. The van der Waals surface area contributed by atoms with Gasteiger partial charge in [-0.3, -0.25) is 18.7 Å². The molecule has 8 nitrogen and oxygen atoms in total. The van der Waals surface area contributed by atoms with Gasteiger partial charge in [-0.25, -0.2) is 4.79 Å². The minimum Gasteiger partial charge on any atom is -0.477 e. The van der Waals surface area contributed by atoms with Crippen LogP contribution in [0.5, 0.6) is 0 Å². The van der Waals surface area contributed by atoms with Crippen LogP contribution in [0.3, 0.4) is 0 Å². The molecule has 142 valence electrons. The second kappa shape index (κ2) is 6.20. The van der Waals surface area contributed by atoms with Gasteiger partial charge in [0.1, 0.15) is 23.0 Å². The first-order valence-corrected chi connectivity index (χ1v) is 8.80. The largest absolute Gasteiger partial charge is 0.477 e. The van der Waals surface area contributed by atoms with Crippen LogP contribution in [0.15, 0.2) is 22.9 Å². The van der Waals surface area contributed by atoms with Gasteiger partial charge >= 0.3 is 12.1 Å². The van der Waals surface area contributed by atoms with Crippen molar-refractivity contribution in [1.82, 2.24) is 9.80 Å². The van der Waals surface area contributed by atoms with Crippen molar-refractivity contribution in [2.24, 2.45) is 5.73 Å². The molecule has 0 saturated carbocycles. The van der Waals surface area contributed by atoms with Gasteiger partial charge in [0.25, 0.3) is 0 Å². The number of fused-ring (bicyclic) bond motifs is 1.